The summed E-state index contributed by atoms with van der Waals surface area (Å²) in [5.74, 6) is -0.00989. The second-order valence-electron chi connectivity index (χ2n) is 7.12. The SMILES string of the molecule is Cc1nnc(-c2cnc3[nH]ccc3c2N[C@H]2C[C@@H](NS(=O)(=O)CCCC#N)C2)s1. The lowest BCUT2D eigenvalue weighted by atomic mass is 9.87. The number of pyridine rings is 1. The first kappa shape index (κ1) is 19.8. The van der Waals surface area contributed by atoms with Crippen LogP contribution in [0.5, 0.6) is 0 Å². The number of sulfonamides is 1. The highest BCUT2D eigenvalue weighted by Gasteiger charge is 2.33. The largest absolute Gasteiger partial charge is 0.381 e. The molecular formula is C18H21N7O2S2. The third-order valence-corrected chi connectivity index (χ3v) is 7.27. The molecule has 11 heteroatoms. The molecule has 0 saturated heterocycles. The number of nitrogens with zero attached hydrogens (tertiary/aromatic N) is 4. The average Bonchev–Trinajstić information content (AvgIpc) is 3.28. The van der Waals surface area contributed by atoms with Crippen LogP contribution < -0.4 is 10.0 Å². The second-order valence-corrected chi connectivity index (χ2v) is 10.2. The number of hydrogen-bond acceptors (Lipinski definition) is 8. The molecule has 0 aromatic carbocycles. The summed E-state index contributed by atoms with van der Waals surface area (Å²) in [6, 6.07) is 4.00. The van der Waals surface area contributed by atoms with Crippen LogP contribution in [0.4, 0.5) is 5.69 Å². The number of H-pyrrole nitrogens is 1. The van der Waals surface area contributed by atoms with Gasteiger partial charge in [-0.15, -0.1) is 10.2 Å². The van der Waals surface area contributed by atoms with Crippen molar-refractivity contribution in [2.75, 3.05) is 11.1 Å². The van der Waals surface area contributed by atoms with E-state index in [0.717, 1.165) is 32.3 Å². The standard InChI is InChI=1S/C18H21N7O2S2/c1-11-23-24-18(28-11)15-10-21-17-14(4-6-20-17)16(15)22-12-8-13(9-12)25-29(26,27)7-3-2-5-19/h4,6,10,12-13,25H,2-3,7-9H2,1H3,(H2,20,21,22)/t12-,13+. The zero-order valence-electron chi connectivity index (χ0n) is 15.8. The molecule has 4 rings (SSSR count). The lowest BCUT2D eigenvalue weighted by Crippen LogP contribution is -2.50. The first-order valence-electron chi connectivity index (χ1n) is 9.35. The van der Waals surface area contributed by atoms with Crippen molar-refractivity contribution in [1.29, 1.82) is 5.26 Å². The zero-order chi connectivity index (χ0) is 20.4. The lowest BCUT2D eigenvalue weighted by molar-refractivity contribution is 0.346. The molecule has 0 atom stereocenters. The number of hydrogen-bond donors (Lipinski definition) is 3. The van der Waals surface area contributed by atoms with Gasteiger partial charge in [-0.2, -0.15) is 5.26 Å². The molecule has 1 aliphatic carbocycles. The number of nitrogens with one attached hydrogen (secondary N) is 3. The number of aromatic nitrogens is 4. The molecule has 0 radical (unpaired) electrons. The van der Waals surface area contributed by atoms with Crippen molar-refractivity contribution >= 4 is 38.1 Å². The molecule has 0 bridgehead atoms. The van der Waals surface area contributed by atoms with Gasteiger partial charge in [0.25, 0.3) is 0 Å². The van der Waals surface area contributed by atoms with Gasteiger partial charge in [-0.25, -0.2) is 18.1 Å². The maximum atomic E-state index is 12.1. The molecule has 3 aromatic heterocycles. The Kier molecular flexibility index (Phi) is 5.49. The third kappa shape index (κ3) is 4.39. The average molecular weight is 432 g/mol. The van der Waals surface area contributed by atoms with Crippen LogP contribution in [0, 0.1) is 18.3 Å². The van der Waals surface area contributed by atoms with E-state index in [1.807, 2.05) is 25.3 Å². The molecule has 0 spiro atoms. The second kappa shape index (κ2) is 8.06. The number of rotatable bonds is 8. The molecule has 1 aliphatic rings. The van der Waals surface area contributed by atoms with E-state index < -0.39 is 10.0 Å². The Morgan fingerprint density at radius 1 is 1.34 bits per heavy atom. The van der Waals surface area contributed by atoms with Crippen LogP contribution in [0.25, 0.3) is 21.6 Å². The zero-order valence-corrected chi connectivity index (χ0v) is 17.5. The topological polar surface area (TPSA) is 136 Å². The highest BCUT2D eigenvalue weighted by molar-refractivity contribution is 7.89. The summed E-state index contributed by atoms with van der Waals surface area (Å²) >= 11 is 1.51. The minimum atomic E-state index is -3.34. The summed E-state index contributed by atoms with van der Waals surface area (Å²) in [6.07, 6.45) is 5.62. The molecule has 3 heterocycles. The number of nitriles is 1. The first-order chi connectivity index (χ1) is 13.9. The molecule has 0 amide bonds. The maximum absolute atomic E-state index is 12.1. The van der Waals surface area contributed by atoms with Crippen molar-refractivity contribution in [2.45, 2.75) is 44.7 Å². The van der Waals surface area contributed by atoms with E-state index in [-0.39, 0.29) is 24.3 Å². The molecule has 1 fully saturated rings. The van der Waals surface area contributed by atoms with E-state index in [4.69, 9.17) is 5.26 Å². The van der Waals surface area contributed by atoms with Gasteiger partial charge in [0.15, 0.2) is 5.01 Å². The summed E-state index contributed by atoms with van der Waals surface area (Å²) in [7, 11) is -3.34. The molecular weight excluding hydrogens is 410 g/mol. The van der Waals surface area contributed by atoms with Gasteiger partial charge in [0.05, 0.1) is 23.1 Å². The van der Waals surface area contributed by atoms with Crippen LogP contribution >= 0.6 is 11.3 Å². The summed E-state index contributed by atoms with van der Waals surface area (Å²) in [5.41, 5.74) is 2.61. The minimum absolute atomic E-state index is 0.00989. The number of anilines is 1. The van der Waals surface area contributed by atoms with Crippen LogP contribution in [-0.4, -0.2) is 46.4 Å². The summed E-state index contributed by atoms with van der Waals surface area (Å²) < 4.78 is 26.9. The predicted molar refractivity (Wildman–Crippen MR) is 112 cm³/mol. The van der Waals surface area contributed by atoms with E-state index in [0.29, 0.717) is 19.3 Å². The van der Waals surface area contributed by atoms with Crippen LogP contribution in [-0.2, 0) is 10.0 Å². The Morgan fingerprint density at radius 2 is 2.17 bits per heavy atom. The van der Waals surface area contributed by atoms with Crippen molar-refractivity contribution in [3.63, 3.8) is 0 Å². The molecule has 152 valence electrons. The van der Waals surface area contributed by atoms with Crippen molar-refractivity contribution in [2.24, 2.45) is 0 Å². The van der Waals surface area contributed by atoms with E-state index in [1.54, 1.807) is 6.20 Å². The van der Waals surface area contributed by atoms with Crippen molar-refractivity contribution < 1.29 is 8.42 Å². The molecule has 0 unspecified atom stereocenters. The molecule has 1 saturated carbocycles. The molecule has 9 nitrogen and oxygen atoms in total. The Bertz CT molecular complexity index is 1160. The third-order valence-electron chi connectivity index (χ3n) is 4.88. The van der Waals surface area contributed by atoms with Gasteiger partial charge >= 0.3 is 0 Å². The Balaban J connectivity index is 1.46. The van der Waals surface area contributed by atoms with Crippen LogP contribution in [0.15, 0.2) is 18.5 Å². The number of fused-ring (bicyclic) bond motifs is 1. The molecule has 3 aromatic rings. The van der Waals surface area contributed by atoms with Gasteiger partial charge in [-0.3, -0.25) is 0 Å². The monoisotopic (exact) mass is 431 g/mol. The van der Waals surface area contributed by atoms with E-state index >= 15 is 0 Å². The lowest BCUT2D eigenvalue weighted by Gasteiger charge is -2.37. The predicted octanol–water partition coefficient (Wildman–Crippen LogP) is 2.56. The molecule has 29 heavy (non-hydrogen) atoms. The fourth-order valence-corrected chi connectivity index (χ4v) is 5.47. The van der Waals surface area contributed by atoms with Gasteiger partial charge in [0.1, 0.15) is 10.7 Å². The fraction of sp³-hybridized carbons (Fsp3) is 0.444. The smallest absolute Gasteiger partial charge is 0.211 e. The highest BCUT2D eigenvalue weighted by atomic mass is 32.2. The van der Waals surface area contributed by atoms with Crippen LogP contribution in [0.1, 0.15) is 30.7 Å². The van der Waals surface area contributed by atoms with E-state index in [9.17, 15) is 8.42 Å². The molecule has 3 N–H and O–H groups in total. The van der Waals surface area contributed by atoms with Crippen LogP contribution in [0.3, 0.4) is 0 Å². The van der Waals surface area contributed by atoms with Gasteiger partial charge in [-0.05, 0) is 32.3 Å². The van der Waals surface area contributed by atoms with Gasteiger partial charge < -0.3 is 10.3 Å². The Morgan fingerprint density at radius 3 is 2.90 bits per heavy atom. The minimum Gasteiger partial charge on any atom is -0.381 e. The summed E-state index contributed by atoms with van der Waals surface area (Å²) in [6.45, 7) is 1.91. The van der Waals surface area contributed by atoms with Gasteiger partial charge in [-0.1, -0.05) is 11.3 Å². The Hall–Kier alpha value is -2.55. The number of unbranched alkanes of at least 4 members (excludes halogenated alkanes) is 1. The van der Waals surface area contributed by atoms with E-state index in [2.05, 4.69) is 30.2 Å². The van der Waals surface area contributed by atoms with Gasteiger partial charge in [0.2, 0.25) is 10.0 Å². The van der Waals surface area contributed by atoms with Crippen molar-refractivity contribution in [3.05, 3.63) is 23.5 Å². The van der Waals surface area contributed by atoms with Gasteiger partial charge in [0, 0.05) is 36.3 Å². The van der Waals surface area contributed by atoms with E-state index in [1.165, 1.54) is 11.3 Å². The molecule has 0 aliphatic heterocycles. The fourth-order valence-electron chi connectivity index (χ4n) is 3.42. The number of aromatic amines is 1. The quantitative estimate of drug-likeness (QED) is 0.466. The Labute approximate surface area is 172 Å². The highest BCUT2D eigenvalue weighted by Crippen LogP contribution is 2.37. The summed E-state index contributed by atoms with van der Waals surface area (Å²) in [5, 5.41) is 23.1. The van der Waals surface area contributed by atoms with Crippen molar-refractivity contribution in [1.82, 2.24) is 24.9 Å². The first-order valence-corrected chi connectivity index (χ1v) is 11.8. The number of aryl methyl sites for hydroxylation is 1. The maximum Gasteiger partial charge on any atom is 0.211 e. The van der Waals surface area contributed by atoms with Crippen LogP contribution in [0.2, 0.25) is 0 Å². The normalized spacial score (nSPS) is 19.0. The summed E-state index contributed by atoms with van der Waals surface area (Å²) in [4.78, 5) is 7.59. The van der Waals surface area contributed by atoms with Crippen molar-refractivity contribution in [3.8, 4) is 16.6 Å².